The predicted molar refractivity (Wildman–Crippen MR) is 99.0 cm³/mol. The first-order valence-electron chi connectivity index (χ1n) is 8.68. The Balaban J connectivity index is 1.78. The minimum absolute atomic E-state index is 0.0710. The Hall–Kier alpha value is -3.13. The summed E-state index contributed by atoms with van der Waals surface area (Å²) in [5.74, 6) is -0.778. The molecule has 0 aliphatic heterocycles. The van der Waals surface area contributed by atoms with Crippen molar-refractivity contribution >= 4 is 22.8 Å². The number of benzene rings is 1. The summed E-state index contributed by atoms with van der Waals surface area (Å²) >= 11 is 0. The Morgan fingerprint density at radius 3 is 2.89 bits per heavy atom. The highest BCUT2D eigenvalue weighted by Gasteiger charge is 2.25. The molecule has 0 radical (unpaired) electrons. The molecule has 2 unspecified atom stereocenters. The van der Waals surface area contributed by atoms with Crippen molar-refractivity contribution in [1.82, 2.24) is 15.3 Å². The van der Waals surface area contributed by atoms with Crippen molar-refractivity contribution in [3.05, 3.63) is 53.9 Å². The first-order chi connectivity index (χ1) is 13.0. The van der Waals surface area contributed by atoms with E-state index < -0.39 is 17.9 Å². The molecule has 2 atom stereocenters. The second kappa shape index (κ2) is 8.05. The SMILES string of the molecule is CCC(N)c1nc(C(=O)NC(Cc2c[nH]c3ccccc23)C(=O)OC)co1. The second-order valence-electron chi connectivity index (χ2n) is 6.20. The molecule has 3 rings (SSSR count). The van der Waals surface area contributed by atoms with Crippen molar-refractivity contribution in [2.75, 3.05) is 7.11 Å². The zero-order valence-electron chi connectivity index (χ0n) is 15.2. The lowest BCUT2D eigenvalue weighted by atomic mass is 10.0. The molecule has 3 aromatic rings. The molecule has 8 nitrogen and oxygen atoms in total. The van der Waals surface area contributed by atoms with Crippen molar-refractivity contribution in [2.24, 2.45) is 5.73 Å². The molecule has 2 aromatic heterocycles. The van der Waals surface area contributed by atoms with E-state index in [4.69, 9.17) is 14.9 Å². The number of aromatic nitrogens is 2. The van der Waals surface area contributed by atoms with E-state index in [1.165, 1.54) is 13.4 Å². The fraction of sp³-hybridized carbons (Fsp3) is 0.316. The molecule has 0 saturated heterocycles. The van der Waals surface area contributed by atoms with Crippen molar-refractivity contribution in [3.8, 4) is 0 Å². The molecule has 4 N–H and O–H groups in total. The molecule has 1 amide bonds. The van der Waals surface area contributed by atoms with Gasteiger partial charge in [-0.15, -0.1) is 0 Å². The predicted octanol–water partition coefficient (Wildman–Crippen LogP) is 2.08. The number of hydrogen-bond donors (Lipinski definition) is 3. The number of methoxy groups -OCH3 is 1. The maximum atomic E-state index is 12.5. The fourth-order valence-electron chi connectivity index (χ4n) is 2.82. The first-order valence-corrected chi connectivity index (χ1v) is 8.68. The van der Waals surface area contributed by atoms with Gasteiger partial charge in [0.15, 0.2) is 5.69 Å². The number of nitrogens with zero attached hydrogens (tertiary/aromatic N) is 1. The summed E-state index contributed by atoms with van der Waals surface area (Å²) in [5.41, 5.74) is 7.78. The monoisotopic (exact) mass is 370 g/mol. The maximum Gasteiger partial charge on any atom is 0.328 e. The van der Waals surface area contributed by atoms with Gasteiger partial charge < -0.3 is 25.2 Å². The number of nitrogens with two attached hydrogens (primary N) is 1. The van der Waals surface area contributed by atoms with Gasteiger partial charge in [-0.25, -0.2) is 9.78 Å². The summed E-state index contributed by atoms with van der Waals surface area (Å²) in [4.78, 5) is 31.9. The average molecular weight is 370 g/mol. The molecule has 0 bridgehead atoms. The van der Waals surface area contributed by atoms with E-state index in [0.717, 1.165) is 16.5 Å². The number of para-hydroxylation sites is 1. The number of carbonyl (C=O) groups is 2. The highest BCUT2D eigenvalue weighted by atomic mass is 16.5. The number of H-pyrrole nitrogens is 1. The van der Waals surface area contributed by atoms with Gasteiger partial charge in [-0.1, -0.05) is 25.1 Å². The van der Waals surface area contributed by atoms with Crippen molar-refractivity contribution < 1.29 is 18.7 Å². The summed E-state index contributed by atoms with van der Waals surface area (Å²) in [6.45, 7) is 1.89. The Bertz CT molecular complexity index is 946. The maximum absolute atomic E-state index is 12.5. The van der Waals surface area contributed by atoms with Gasteiger partial charge in [0.25, 0.3) is 5.91 Å². The van der Waals surface area contributed by atoms with E-state index in [1.807, 2.05) is 37.4 Å². The minimum Gasteiger partial charge on any atom is -0.467 e. The molecule has 2 heterocycles. The first kappa shape index (κ1) is 18.7. The fourth-order valence-corrected chi connectivity index (χ4v) is 2.82. The average Bonchev–Trinajstić information content (AvgIpc) is 3.34. The molecule has 0 fully saturated rings. The number of esters is 1. The van der Waals surface area contributed by atoms with Crippen LogP contribution in [-0.4, -0.2) is 35.0 Å². The lowest BCUT2D eigenvalue weighted by molar-refractivity contribution is -0.142. The highest BCUT2D eigenvalue weighted by molar-refractivity contribution is 5.95. The Morgan fingerprint density at radius 1 is 1.37 bits per heavy atom. The lowest BCUT2D eigenvalue weighted by Crippen LogP contribution is -2.43. The smallest absolute Gasteiger partial charge is 0.328 e. The van der Waals surface area contributed by atoms with Crippen LogP contribution < -0.4 is 11.1 Å². The number of amides is 1. The van der Waals surface area contributed by atoms with Gasteiger partial charge in [0, 0.05) is 23.5 Å². The van der Waals surface area contributed by atoms with Crippen LogP contribution in [0.5, 0.6) is 0 Å². The molecule has 0 aliphatic rings. The third-order valence-corrected chi connectivity index (χ3v) is 4.40. The van der Waals surface area contributed by atoms with Crippen LogP contribution in [0.15, 0.2) is 41.1 Å². The summed E-state index contributed by atoms with van der Waals surface area (Å²) in [7, 11) is 1.28. The van der Waals surface area contributed by atoms with Gasteiger partial charge in [-0.2, -0.15) is 0 Å². The summed E-state index contributed by atoms with van der Waals surface area (Å²) in [6, 6.07) is 6.49. The van der Waals surface area contributed by atoms with Gasteiger partial charge in [0.1, 0.15) is 12.3 Å². The molecule has 0 aliphatic carbocycles. The Kier molecular flexibility index (Phi) is 5.56. The van der Waals surface area contributed by atoms with Gasteiger partial charge >= 0.3 is 5.97 Å². The van der Waals surface area contributed by atoms with Gasteiger partial charge in [0.2, 0.25) is 5.89 Å². The van der Waals surface area contributed by atoms with Crippen LogP contribution in [0.3, 0.4) is 0 Å². The number of rotatable bonds is 7. The van der Waals surface area contributed by atoms with Crippen molar-refractivity contribution in [1.29, 1.82) is 0 Å². The molecule has 0 saturated carbocycles. The van der Waals surface area contributed by atoms with E-state index in [-0.39, 0.29) is 24.0 Å². The number of nitrogens with one attached hydrogen (secondary N) is 2. The van der Waals surface area contributed by atoms with Crippen LogP contribution in [0.4, 0.5) is 0 Å². The van der Waals surface area contributed by atoms with E-state index in [0.29, 0.717) is 6.42 Å². The zero-order chi connectivity index (χ0) is 19.4. The quantitative estimate of drug-likeness (QED) is 0.547. The molecule has 0 spiro atoms. The summed E-state index contributed by atoms with van der Waals surface area (Å²) < 4.78 is 10.1. The van der Waals surface area contributed by atoms with Crippen LogP contribution in [0.1, 0.15) is 41.3 Å². The highest BCUT2D eigenvalue weighted by Crippen LogP contribution is 2.20. The topological polar surface area (TPSA) is 123 Å². The number of fused-ring (bicyclic) bond motifs is 1. The number of hydrogen-bond acceptors (Lipinski definition) is 6. The van der Waals surface area contributed by atoms with E-state index in [9.17, 15) is 9.59 Å². The standard InChI is InChI=1S/C19H22N4O4/c1-3-13(20)18-23-16(10-27-18)17(24)22-15(19(25)26-2)8-11-9-21-14-7-5-4-6-12(11)14/h4-7,9-10,13,15,21H,3,8,20H2,1-2H3,(H,22,24). The molecular formula is C19H22N4O4. The van der Waals surface area contributed by atoms with Crippen LogP contribution in [-0.2, 0) is 16.0 Å². The molecular weight excluding hydrogens is 348 g/mol. The van der Waals surface area contributed by atoms with E-state index in [2.05, 4.69) is 15.3 Å². The largest absolute Gasteiger partial charge is 0.467 e. The van der Waals surface area contributed by atoms with E-state index in [1.54, 1.807) is 0 Å². The molecule has 1 aromatic carbocycles. The van der Waals surface area contributed by atoms with Crippen LogP contribution in [0.2, 0.25) is 0 Å². The van der Waals surface area contributed by atoms with Gasteiger partial charge in [0.05, 0.1) is 13.2 Å². The van der Waals surface area contributed by atoms with Gasteiger partial charge in [-0.3, -0.25) is 4.79 Å². The van der Waals surface area contributed by atoms with Crippen molar-refractivity contribution in [3.63, 3.8) is 0 Å². The third kappa shape index (κ3) is 4.01. The molecule has 8 heteroatoms. The summed E-state index contributed by atoms with van der Waals surface area (Å²) in [6.07, 6.45) is 3.97. The van der Waals surface area contributed by atoms with Crippen LogP contribution in [0, 0.1) is 0 Å². The van der Waals surface area contributed by atoms with Crippen molar-refractivity contribution in [2.45, 2.75) is 31.8 Å². The lowest BCUT2D eigenvalue weighted by Gasteiger charge is -2.15. The van der Waals surface area contributed by atoms with E-state index >= 15 is 0 Å². The molecule has 142 valence electrons. The third-order valence-electron chi connectivity index (χ3n) is 4.40. The van der Waals surface area contributed by atoms with Crippen LogP contribution >= 0.6 is 0 Å². The normalized spacial score (nSPS) is 13.3. The zero-order valence-corrected chi connectivity index (χ0v) is 15.2. The summed E-state index contributed by atoms with van der Waals surface area (Å²) in [5, 5.41) is 3.65. The van der Waals surface area contributed by atoms with Gasteiger partial charge in [-0.05, 0) is 18.1 Å². The number of oxazole rings is 1. The minimum atomic E-state index is -0.860. The number of ether oxygens (including phenoxy) is 1. The second-order valence-corrected chi connectivity index (χ2v) is 6.20. The van der Waals surface area contributed by atoms with Crippen LogP contribution in [0.25, 0.3) is 10.9 Å². The number of aromatic amines is 1. The number of carbonyl (C=O) groups excluding carboxylic acids is 2. The molecule has 27 heavy (non-hydrogen) atoms. The Labute approximate surface area is 156 Å². The Morgan fingerprint density at radius 2 is 2.15 bits per heavy atom.